The van der Waals surface area contributed by atoms with Crippen LogP contribution >= 0.6 is 0 Å². The van der Waals surface area contributed by atoms with Gasteiger partial charge in [0.15, 0.2) is 0 Å². The standard InChI is InChI=1S/C52H36O4/c1-5-13-39(14-6-1)49-33-43(34-50(55-49)40-15-7-2-8-16-40)37-21-25-45(26-22-37)53-47-29-31-48(32-30-47)54-46-27-23-38(24-28-46)44-35-51(41-17-9-3-10-18-41)56-52(36-44)42-19-11-4-12-20-42/h1-36H/q+2. The summed E-state index contributed by atoms with van der Waals surface area (Å²) in [5.41, 5.74) is 8.34. The third-order valence-electron chi connectivity index (χ3n) is 9.49. The van der Waals surface area contributed by atoms with Crippen LogP contribution in [0.4, 0.5) is 0 Å². The lowest BCUT2D eigenvalue weighted by atomic mass is 10.0. The SMILES string of the molecule is c1ccc(-c2cc(-c3ccc(Oc4ccc(Oc5ccc(-c6cc(-c7ccccc7)[o+]c(-c7ccccc7)c6)cc5)cc4)cc3)cc(-c3ccccc3)[o+]2)cc1. The Morgan fingerprint density at radius 1 is 0.214 bits per heavy atom. The summed E-state index contributed by atoms with van der Waals surface area (Å²) in [4.78, 5) is 0. The molecular formula is C52H36O4+2. The van der Waals surface area contributed by atoms with Crippen LogP contribution in [0.5, 0.6) is 23.0 Å². The molecule has 0 radical (unpaired) electrons. The van der Waals surface area contributed by atoms with Crippen LogP contribution in [0.2, 0.25) is 0 Å². The normalized spacial score (nSPS) is 10.9. The molecule has 0 atom stereocenters. The van der Waals surface area contributed by atoms with Crippen molar-refractivity contribution in [2.45, 2.75) is 0 Å². The molecule has 9 aromatic rings. The lowest BCUT2D eigenvalue weighted by Gasteiger charge is -2.10. The van der Waals surface area contributed by atoms with Gasteiger partial charge in [-0.15, -0.1) is 0 Å². The van der Waals surface area contributed by atoms with Crippen LogP contribution in [0.1, 0.15) is 0 Å². The average Bonchev–Trinajstić information content (AvgIpc) is 3.28. The van der Waals surface area contributed by atoms with Gasteiger partial charge >= 0.3 is 23.0 Å². The summed E-state index contributed by atoms with van der Waals surface area (Å²) in [5.74, 6) is 6.15. The first-order valence-electron chi connectivity index (χ1n) is 18.5. The van der Waals surface area contributed by atoms with Gasteiger partial charge in [0, 0.05) is 11.1 Å². The van der Waals surface area contributed by atoms with E-state index >= 15 is 0 Å². The van der Waals surface area contributed by atoms with Gasteiger partial charge in [-0.25, -0.2) is 8.83 Å². The van der Waals surface area contributed by atoms with Gasteiger partial charge in [0.1, 0.15) is 23.0 Å². The van der Waals surface area contributed by atoms with E-state index in [2.05, 4.69) is 97.1 Å². The van der Waals surface area contributed by atoms with Crippen molar-refractivity contribution in [3.8, 4) is 90.5 Å². The molecule has 0 bridgehead atoms. The van der Waals surface area contributed by atoms with Gasteiger partial charge in [-0.1, -0.05) is 97.1 Å². The smallest absolute Gasteiger partial charge is 0.361 e. The van der Waals surface area contributed by atoms with Crippen molar-refractivity contribution in [3.63, 3.8) is 0 Å². The first kappa shape index (κ1) is 34.2. The minimum absolute atomic E-state index is 0.717. The highest BCUT2D eigenvalue weighted by atomic mass is 16.5. The van der Waals surface area contributed by atoms with E-state index in [1.54, 1.807) is 0 Å². The first-order valence-corrected chi connectivity index (χ1v) is 18.5. The van der Waals surface area contributed by atoms with E-state index in [0.29, 0.717) is 0 Å². The Hall–Kier alpha value is -7.56. The highest BCUT2D eigenvalue weighted by molar-refractivity contribution is 5.76. The molecule has 0 saturated carbocycles. The molecule has 2 heterocycles. The predicted octanol–water partition coefficient (Wildman–Crippen LogP) is 15.0. The maximum absolute atomic E-state index is 6.38. The fraction of sp³-hybridized carbons (Fsp3) is 0. The highest BCUT2D eigenvalue weighted by Gasteiger charge is 2.22. The maximum Gasteiger partial charge on any atom is 0.361 e. The van der Waals surface area contributed by atoms with Gasteiger partial charge in [0.2, 0.25) is 0 Å². The van der Waals surface area contributed by atoms with Crippen molar-refractivity contribution in [2.24, 2.45) is 0 Å². The summed E-state index contributed by atoms with van der Waals surface area (Å²) in [6, 6.07) is 73.0. The molecular weight excluding hydrogens is 689 g/mol. The van der Waals surface area contributed by atoms with Crippen molar-refractivity contribution in [1.29, 1.82) is 0 Å². The molecule has 4 nitrogen and oxygen atoms in total. The molecule has 0 fully saturated rings. The minimum atomic E-state index is 0.717. The molecule has 0 aliphatic rings. The predicted molar refractivity (Wildman–Crippen MR) is 225 cm³/mol. The van der Waals surface area contributed by atoms with Crippen molar-refractivity contribution in [1.82, 2.24) is 0 Å². The molecule has 0 N–H and O–H groups in total. The van der Waals surface area contributed by atoms with E-state index in [0.717, 1.165) is 90.5 Å². The summed E-state index contributed by atoms with van der Waals surface area (Å²) in [7, 11) is 0. The highest BCUT2D eigenvalue weighted by Crippen LogP contribution is 2.36. The summed E-state index contributed by atoms with van der Waals surface area (Å²) in [6.07, 6.45) is 0. The lowest BCUT2D eigenvalue weighted by Crippen LogP contribution is -1.88. The van der Waals surface area contributed by atoms with Gasteiger partial charge in [0.25, 0.3) is 0 Å². The van der Waals surface area contributed by atoms with Crippen LogP contribution in [0.25, 0.3) is 67.5 Å². The Balaban J connectivity index is 0.891. The van der Waals surface area contributed by atoms with E-state index in [1.807, 2.05) is 121 Å². The molecule has 0 aliphatic carbocycles. The van der Waals surface area contributed by atoms with E-state index in [9.17, 15) is 0 Å². The number of rotatable bonds is 10. The monoisotopic (exact) mass is 724 g/mol. The Labute approximate surface area is 326 Å². The molecule has 266 valence electrons. The second kappa shape index (κ2) is 15.8. The molecule has 9 rings (SSSR count). The van der Waals surface area contributed by atoms with E-state index in [4.69, 9.17) is 18.3 Å². The Morgan fingerprint density at radius 3 is 0.696 bits per heavy atom. The van der Waals surface area contributed by atoms with Crippen molar-refractivity contribution in [2.75, 3.05) is 0 Å². The number of hydrogen-bond acceptors (Lipinski definition) is 2. The molecule has 56 heavy (non-hydrogen) atoms. The molecule has 0 unspecified atom stereocenters. The third kappa shape index (κ3) is 7.86. The van der Waals surface area contributed by atoms with Gasteiger partial charge < -0.3 is 9.47 Å². The number of ether oxygens (including phenoxy) is 2. The molecule has 2 aromatic heterocycles. The van der Waals surface area contributed by atoms with Gasteiger partial charge in [-0.05, 0) is 108 Å². The van der Waals surface area contributed by atoms with Crippen molar-refractivity contribution < 1.29 is 18.3 Å². The number of benzene rings is 7. The van der Waals surface area contributed by atoms with Crippen LogP contribution in [-0.2, 0) is 0 Å². The van der Waals surface area contributed by atoms with Gasteiger partial charge in [-0.3, -0.25) is 0 Å². The van der Waals surface area contributed by atoms with E-state index in [-0.39, 0.29) is 0 Å². The quantitative estimate of drug-likeness (QED) is 0.132. The number of hydrogen-bond donors (Lipinski definition) is 0. The summed E-state index contributed by atoms with van der Waals surface area (Å²) in [6.45, 7) is 0. The Morgan fingerprint density at radius 2 is 0.446 bits per heavy atom. The third-order valence-corrected chi connectivity index (χ3v) is 9.49. The zero-order chi connectivity index (χ0) is 37.5. The molecule has 0 spiro atoms. The molecule has 7 aromatic carbocycles. The Kier molecular flexibility index (Phi) is 9.66. The summed E-state index contributed by atoms with van der Waals surface area (Å²) >= 11 is 0. The van der Waals surface area contributed by atoms with Crippen LogP contribution in [-0.4, -0.2) is 0 Å². The van der Waals surface area contributed by atoms with Crippen molar-refractivity contribution >= 4 is 0 Å². The minimum Gasteiger partial charge on any atom is -0.457 e. The molecule has 4 heteroatoms. The fourth-order valence-electron chi connectivity index (χ4n) is 6.59. The Bertz CT molecular complexity index is 2370. The molecule has 0 amide bonds. The lowest BCUT2D eigenvalue weighted by molar-refractivity contribution is 0.469. The summed E-state index contributed by atoms with van der Waals surface area (Å²) < 4.78 is 25.2. The van der Waals surface area contributed by atoms with Crippen LogP contribution in [0.3, 0.4) is 0 Å². The molecule has 0 aliphatic heterocycles. The second-order valence-electron chi connectivity index (χ2n) is 13.3. The maximum atomic E-state index is 6.38. The van der Waals surface area contributed by atoms with Crippen LogP contribution < -0.4 is 9.47 Å². The van der Waals surface area contributed by atoms with Crippen molar-refractivity contribution in [3.05, 3.63) is 218 Å². The fourth-order valence-corrected chi connectivity index (χ4v) is 6.59. The van der Waals surface area contributed by atoms with Gasteiger partial charge in [0.05, 0.1) is 46.5 Å². The zero-order valence-electron chi connectivity index (χ0n) is 30.4. The first-order chi connectivity index (χ1) is 27.7. The van der Waals surface area contributed by atoms with E-state index in [1.165, 1.54) is 0 Å². The van der Waals surface area contributed by atoms with Crippen LogP contribution in [0, 0.1) is 0 Å². The van der Waals surface area contributed by atoms with Gasteiger partial charge in [-0.2, -0.15) is 0 Å². The van der Waals surface area contributed by atoms with Crippen LogP contribution in [0.15, 0.2) is 227 Å². The molecule has 0 saturated heterocycles. The topological polar surface area (TPSA) is 41.1 Å². The zero-order valence-corrected chi connectivity index (χ0v) is 30.4. The second-order valence-corrected chi connectivity index (χ2v) is 13.3. The largest absolute Gasteiger partial charge is 0.457 e. The average molecular weight is 725 g/mol. The summed E-state index contributed by atoms with van der Waals surface area (Å²) in [5, 5.41) is 0. The van der Waals surface area contributed by atoms with E-state index < -0.39 is 0 Å².